The van der Waals surface area contributed by atoms with Crippen LogP contribution in [0.3, 0.4) is 0 Å². The predicted molar refractivity (Wildman–Crippen MR) is 111 cm³/mol. The molecule has 6 nitrogen and oxygen atoms in total. The van der Waals surface area contributed by atoms with Gasteiger partial charge in [0.05, 0.1) is 18.8 Å². The molecule has 2 saturated heterocycles. The van der Waals surface area contributed by atoms with Crippen LogP contribution in [0.1, 0.15) is 57.1 Å². The second-order valence-corrected chi connectivity index (χ2v) is 8.69. The maximum absolute atomic E-state index is 12.6. The summed E-state index contributed by atoms with van der Waals surface area (Å²) in [6, 6.07) is 6.21. The van der Waals surface area contributed by atoms with E-state index in [2.05, 4.69) is 12.1 Å². The maximum Gasteiger partial charge on any atom is 0.222 e. The summed E-state index contributed by atoms with van der Waals surface area (Å²) in [5, 5.41) is 21.0. The molecule has 162 valence electrons. The number of aryl methyl sites for hydroxylation is 2. The lowest BCUT2D eigenvalue weighted by molar-refractivity contribution is -0.245. The Morgan fingerprint density at radius 2 is 2.03 bits per heavy atom. The number of aliphatic hydroxyl groups is 2. The van der Waals surface area contributed by atoms with Gasteiger partial charge in [-0.2, -0.15) is 0 Å². The van der Waals surface area contributed by atoms with E-state index < -0.39 is 17.3 Å². The highest BCUT2D eigenvalue weighted by Crippen LogP contribution is 2.39. The molecule has 1 aromatic rings. The van der Waals surface area contributed by atoms with Crippen molar-refractivity contribution in [2.24, 2.45) is 0 Å². The molecule has 6 heteroatoms. The number of carbonyl (C=O) groups excluding carboxylic acids is 1. The molecule has 2 aliphatic rings. The number of piperidine rings is 1. The first-order valence-electron chi connectivity index (χ1n) is 10.8. The van der Waals surface area contributed by atoms with Crippen molar-refractivity contribution in [3.8, 4) is 5.75 Å². The first-order chi connectivity index (χ1) is 13.8. The van der Waals surface area contributed by atoms with E-state index in [1.807, 2.05) is 24.8 Å². The Morgan fingerprint density at radius 1 is 1.31 bits per heavy atom. The summed E-state index contributed by atoms with van der Waals surface area (Å²) in [5.41, 5.74) is 0.495. The van der Waals surface area contributed by atoms with Gasteiger partial charge >= 0.3 is 0 Å². The number of amides is 1. The molecule has 0 radical (unpaired) electrons. The Balaban J connectivity index is 1.46. The largest absolute Gasteiger partial charge is 0.494 e. The number of carbonyl (C=O) groups is 1. The minimum atomic E-state index is -1.12. The van der Waals surface area contributed by atoms with Crippen molar-refractivity contribution >= 4 is 5.91 Å². The number of ether oxygens (including phenoxy) is 2. The van der Waals surface area contributed by atoms with Crippen LogP contribution in [0.25, 0.3) is 0 Å². The van der Waals surface area contributed by atoms with E-state index in [1.165, 1.54) is 5.56 Å². The van der Waals surface area contributed by atoms with E-state index in [0.717, 1.165) is 24.2 Å². The Bertz CT molecular complexity index is 709. The zero-order valence-electron chi connectivity index (χ0n) is 17.9. The van der Waals surface area contributed by atoms with Crippen LogP contribution in [0, 0.1) is 6.92 Å². The van der Waals surface area contributed by atoms with Gasteiger partial charge in [-0.05, 0) is 63.6 Å². The first-order valence-corrected chi connectivity index (χ1v) is 10.8. The van der Waals surface area contributed by atoms with E-state index in [0.29, 0.717) is 52.0 Å². The van der Waals surface area contributed by atoms with Crippen LogP contribution < -0.4 is 4.74 Å². The zero-order chi connectivity index (χ0) is 21.1. The minimum absolute atomic E-state index is 0.152. The standard InChI is InChI=1S/C23H35NO5/c1-4-28-19-9-8-18(16-17(19)2)6-5-7-20(25)24-13-10-23(11-14-24)21(26)22(3,27)12-15-29-23/h8-9,16,21,26-27H,4-7,10-15H2,1-3H3/t21-,22+/m0/s1. The van der Waals surface area contributed by atoms with E-state index in [9.17, 15) is 15.0 Å². The lowest BCUT2D eigenvalue weighted by atomic mass is 9.75. The summed E-state index contributed by atoms with van der Waals surface area (Å²) in [6.07, 6.45) is 2.83. The molecule has 0 unspecified atom stereocenters. The molecule has 0 bridgehead atoms. The molecule has 0 saturated carbocycles. The fourth-order valence-corrected chi connectivity index (χ4v) is 4.58. The van der Waals surface area contributed by atoms with E-state index >= 15 is 0 Å². The van der Waals surface area contributed by atoms with Crippen molar-refractivity contribution in [2.45, 2.75) is 76.6 Å². The summed E-state index contributed by atoms with van der Waals surface area (Å²) >= 11 is 0. The SMILES string of the molecule is CCOc1ccc(CCCC(=O)N2CCC3(CC2)OCC[C@@](C)(O)[C@@H]3O)cc1C. The van der Waals surface area contributed by atoms with Crippen LogP contribution in [-0.2, 0) is 16.0 Å². The van der Waals surface area contributed by atoms with Gasteiger partial charge in [-0.15, -0.1) is 0 Å². The molecule has 29 heavy (non-hydrogen) atoms. The quantitative estimate of drug-likeness (QED) is 0.761. The fourth-order valence-electron chi connectivity index (χ4n) is 4.58. The van der Waals surface area contributed by atoms with Crippen LogP contribution in [0.4, 0.5) is 0 Å². The normalized spacial score (nSPS) is 26.5. The minimum Gasteiger partial charge on any atom is -0.494 e. The molecule has 0 aliphatic carbocycles. The van der Waals surface area contributed by atoms with Crippen molar-refractivity contribution in [1.29, 1.82) is 0 Å². The van der Waals surface area contributed by atoms with Crippen molar-refractivity contribution in [3.05, 3.63) is 29.3 Å². The van der Waals surface area contributed by atoms with Gasteiger partial charge < -0.3 is 24.6 Å². The molecule has 3 rings (SSSR count). The van der Waals surface area contributed by atoms with Crippen molar-refractivity contribution in [3.63, 3.8) is 0 Å². The summed E-state index contributed by atoms with van der Waals surface area (Å²) in [4.78, 5) is 14.5. The fraction of sp³-hybridized carbons (Fsp3) is 0.696. The third-order valence-electron chi connectivity index (χ3n) is 6.44. The van der Waals surface area contributed by atoms with Gasteiger partial charge in [0, 0.05) is 25.9 Å². The molecule has 2 aliphatic heterocycles. The number of benzene rings is 1. The molecular formula is C23H35NO5. The molecule has 2 atom stereocenters. The molecule has 0 aromatic heterocycles. The average Bonchev–Trinajstić information content (AvgIpc) is 2.69. The van der Waals surface area contributed by atoms with Gasteiger partial charge in [-0.3, -0.25) is 4.79 Å². The topological polar surface area (TPSA) is 79.2 Å². The van der Waals surface area contributed by atoms with Crippen LogP contribution in [-0.4, -0.2) is 64.6 Å². The number of aliphatic hydroxyl groups excluding tert-OH is 1. The Morgan fingerprint density at radius 3 is 2.69 bits per heavy atom. The number of hydrogen-bond acceptors (Lipinski definition) is 5. The smallest absolute Gasteiger partial charge is 0.222 e. The number of likely N-dealkylation sites (tertiary alicyclic amines) is 1. The highest BCUT2D eigenvalue weighted by molar-refractivity contribution is 5.76. The Labute approximate surface area is 173 Å². The number of hydrogen-bond donors (Lipinski definition) is 2. The van der Waals surface area contributed by atoms with Crippen molar-refractivity contribution in [1.82, 2.24) is 4.90 Å². The van der Waals surface area contributed by atoms with Gasteiger partial charge in [0.1, 0.15) is 17.5 Å². The number of nitrogens with zero attached hydrogens (tertiary/aromatic N) is 1. The van der Waals surface area contributed by atoms with E-state index in [4.69, 9.17) is 9.47 Å². The summed E-state index contributed by atoms with van der Waals surface area (Å²) in [5.74, 6) is 1.07. The van der Waals surface area contributed by atoms with Crippen molar-refractivity contribution < 1.29 is 24.5 Å². The molecule has 1 amide bonds. The molecular weight excluding hydrogens is 370 g/mol. The van der Waals surface area contributed by atoms with Crippen LogP contribution in [0.5, 0.6) is 5.75 Å². The zero-order valence-corrected chi connectivity index (χ0v) is 17.9. The molecule has 1 aromatic carbocycles. The number of rotatable bonds is 6. The summed E-state index contributed by atoms with van der Waals surface area (Å²) in [7, 11) is 0. The highest BCUT2D eigenvalue weighted by Gasteiger charge is 2.52. The Hall–Kier alpha value is -1.63. The third kappa shape index (κ3) is 4.93. The summed E-state index contributed by atoms with van der Waals surface area (Å²) in [6.45, 7) is 7.92. The average molecular weight is 406 g/mol. The molecule has 2 N–H and O–H groups in total. The predicted octanol–water partition coefficient (Wildman–Crippen LogP) is 2.61. The van der Waals surface area contributed by atoms with Crippen LogP contribution >= 0.6 is 0 Å². The second kappa shape index (κ2) is 9.02. The van der Waals surface area contributed by atoms with Gasteiger partial charge in [0.15, 0.2) is 0 Å². The monoisotopic (exact) mass is 405 g/mol. The lowest BCUT2D eigenvalue weighted by Gasteiger charge is -2.51. The van der Waals surface area contributed by atoms with E-state index in [1.54, 1.807) is 6.92 Å². The highest BCUT2D eigenvalue weighted by atomic mass is 16.5. The summed E-state index contributed by atoms with van der Waals surface area (Å²) < 4.78 is 11.5. The van der Waals surface area contributed by atoms with Crippen molar-refractivity contribution in [2.75, 3.05) is 26.3 Å². The van der Waals surface area contributed by atoms with E-state index in [-0.39, 0.29) is 5.91 Å². The Kier molecular flexibility index (Phi) is 6.87. The maximum atomic E-state index is 12.6. The third-order valence-corrected chi connectivity index (χ3v) is 6.44. The van der Waals surface area contributed by atoms with Gasteiger partial charge in [-0.25, -0.2) is 0 Å². The molecule has 1 spiro atoms. The molecule has 2 fully saturated rings. The second-order valence-electron chi connectivity index (χ2n) is 8.69. The van der Waals surface area contributed by atoms with Crippen LogP contribution in [0.15, 0.2) is 18.2 Å². The lowest BCUT2D eigenvalue weighted by Crippen LogP contribution is -2.64. The van der Waals surface area contributed by atoms with Gasteiger partial charge in [0.25, 0.3) is 0 Å². The molecule has 2 heterocycles. The van der Waals surface area contributed by atoms with Gasteiger partial charge in [0.2, 0.25) is 5.91 Å². The van der Waals surface area contributed by atoms with Gasteiger partial charge in [-0.1, -0.05) is 12.1 Å². The first kappa shape index (κ1) is 22.1. The van der Waals surface area contributed by atoms with Crippen LogP contribution in [0.2, 0.25) is 0 Å².